The number of hydrogen-bond donors (Lipinski definition) is 3. The first-order chi connectivity index (χ1) is 12.5. The molecule has 1 saturated heterocycles. The van der Waals surface area contributed by atoms with Crippen LogP contribution in [0.2, 0.25) is 0 Å². The second-order valence-corrected chi connectivity index (χ2v) is 6.72. The van der Waals surface area contributed by atoms with Crippen LogP contribution in [-0.4, -0.2) is 31.1 Å². The molecule has 138 valence electrons. The van der Waals surface area contributed by atoms with Gasteiger partial charge >= 0.3 is 6.03 Å². The van der Waals surface area contributed by atoms with E-state index < -0.39 is 29.1 Å². The summed E-state index contributed by atoms with van der Waals surface area (Å²) in [5.41, 5.74) is 5.02. The highest BCUT2D eigenvalue weighted by atomic mass is 32.1. The molecule has 1 fully saturated rings. The van der Waals surface area contributed by atoms with Gasteiger partial charge in [0, 0.05) is 17.5 Å². The van der Waals surface area contributed by atoms with Gasteiger partial charge in [0.25, 0.3) is 5.91 Å². The van der Waals surface area contributed by atoms with Crippen molar-refractivity contribution in [1.82, 2.24) is 5.32 Å². The van der Waals surface area contributed by atoms with Crippen molar-refractivity contribution in [2.24, 2.45) is 5.73 Å². The zero-order chi connectivity index (χ0) is 18.7. The molecule has 3 rings (SSSR count). The van der Waals surface area contributed by atoms with Gasteiger partial charge in [0.2, 0.25) is 0 Å². The number of nitrogens with two attached hydrogens (primary N) is 1. The molecule has 0 bridgehead atoms. The predicted molar refractivity (Wildman–Crippen MR) is 96.6 cm³/mol. The highest BCUT2D eigenvalue weighted by Crippen LogP contribution is 2.26. The molecule has 2 heterocycles. The topological polar surface area (TPSA) is 87.5 Å². The number of halogens is 2. The van der Waals surface area contributed by atoms with Gasteiger partial charge in [0.05, 0.1) is 16.9 Å². The molecule has 0 atom stereocenters. The van der Waals surface area contributed by atoms with Crippen molar-refractivity contribution in [1.29, 1.82) is 0 Å². The summed E-state index contributed by atoms with van der Waals surface area (Å²) in [5.74, 6) is -3.08. The van der Waals surface area contributed by atoms with E-state index in [1.54, 1.807) is 4.90 Å². The third-order valence-electron chi connectivity index (χ3n) is 4.24. The van der Waals surface area contributed by atoms with Crippen LogP contribution in [0.1, 0.15) is 23.2 Å². The highest BCUT2D eigenvalue weighted by molar-refractivity contribution is 7.08. The maximum absolute atomic E-state index is 14.1. The van der Waals surface area contributed by atoms with Gasteiger partial charge in [-0.3, -0.25) is 9.69 Å². The van der Waals surface area contributed by atoms with E-state index in [0.29, 0.717) is 11.8 Å². The van der Waals surface area contributed by atoms with Crippen LogP contribution in [0.15, 0.2) is 29.0 Å². The lowest BCUT2D eigenvalue weighted by atomic mass is 10.0. The van der Waals surface area contributed by atoms with Gasteiger partial charge in [-0.05, 0) is 43.4 Å². The molecule has 3 amide bonds. The van der Waals surface area contributed by atoms with Crippen molar-refractivity contribution < 1.29 is 18.4 Å². The average Bonchev–Trinajstić information content (AvgIpc) is 3.12. The first kappa shape index (κ1) is 18.3. The minimum absolute atomic E-state index is 0.0510. The minimum atomic E-state index is -1.07. The number of benzene rings is 1. The Morgan fingerprint density at radius 1 is 1.23 bits per heavy atom. The fraction of sp³-hybridized carbons (Fsp3) is 0.294. The summed E-state index contributed by atoms with van der Waals surface area (Å²) < 4.78 is 27.7. The molecule has 0 spiro atoms. The number of hydrogen-bond acceptors (Lipinski definition) is 4. The molecule has 0 unspecified atom stereocenters. The largest absolute Gasteiger partial charge is 0.366 e. The third kappa shape index (κ3) is 3.83. The van der Waals surface area contributed by atoms with Gasteiger partial charge in [-0.1, -0.05) is 0 Å². The summed E-state index contributed by atoms with van der Waals surface area (Å²) in [5, 5.41) is 9.35. The molecular formula is C17H18F2N4O2S. The van der Waals surface area contributed by atoms with Gasteiger partial charge in [0.15, 0.2) is 0 Å². The van der Waals surface area contributed by atoms with E-state index in [9.17, 15) is 18.4 Å². The molecule has 0 aliphatic carbocycles. The number of rotatable bonds is 4. The molecule has 1 aromatic heterocycles. The van der Waals surface area contributed by atoms with Crippen molar-refractivity contribution in [3.63, 3.8) is 0 Å². The zero-order valence-electron chi connectivity index (χ0n) is 13.8. The smallest absolute Gasteiger partial charge is 0.326 e. The zero-order valence-corrected chi connectivity index (χ0v) is 14.6. The van der Waals surface area contributed by atoms with Crippen LogP contribution in [0.3, 0.4) is 0 Å². The number of thiophene rings is 1. The van der Waals surface area contributed by atoms with Gasteiger partial charge in [0.1, 0.15) is 11.6 Å². The predicted octanol–water partition coefficient (Wildman–Crippen LogP) is 2.92. The summed E-state index contributed by atoms with van der Waals surface area (Å²) in [6.07, 6.45) is 1.50. The Kier molecular flexibility index (Phi) is 5.48. The molecule has 0 saturated carbocycles. The number of nitrogens with one attached hydrogen (secondary N) is 2. The van der Waals surface area contributed by atoms with E-state index in [2.05, 4.69) is 10.6 Å². The van der Waals surface area contributed by atoms with Crippen molar-refractivity contribution in [2.45, 2.75) is 18.9 Å². The van der Waals surface area contributed by atoms with Crippen LogP contribution < -0.4 is 21.3 Å². The Bertz CT molecular complexity index is 807. The Labute approximate surface area is 153 Å². The van der Waals surface area contributed by atoms with Crippen LogP contribution in [0.4, 0.5) is 25.0 Å². The number of piperidine rings is 1. The quantitative estimate of drug-likeness (QED) is 0.762. The Hall–Kier alpha value is -2.52. The summed E-state index contributed by atoms with van der Waals surface area (Å²) in [4.78, 5) is 25.7. The Morgan fingerprint density at radius 3 is 2.58 bits per heavy atom. The van der Waals surface area contributed by atoms with E-state index in [4.69, 9.17) is 5.73 Å². The number of primary amides is 1. The average molecular weight is 380 g/mol. The second-order valence-electron chi connectivity index (χ2n) is 5.94. The monoisotopic (exact) mass is 380 g/mol. The summed E-state index contributed by atoms with van der Waals surface area (Å²) in [6.45, 7) is 1.55. The van der Waals surface area contributed by atoms with Crippen LogP contribution in [0.25, 0.3) is 0 Å². The van der Waals surface area contributed by atoms with E-state index in [1.165, 1.54) is 11.3 Å². The standard InChI is InChI=1S/C17H18F2N4O2S/c18-13-8-14(19)15(7-12(13)16(20)24)22-17(25)23(11-3-6-26-9-11)10-1-4-21-5-2-10/h3,6-10,21H,1-2,4-5H2,(H2,20,24)(H,22,25). The summed E-state index contributed by atoms with van der Waals surface area (Å²) in [6, 6.07) is 2.66. The lowest BCUT2D eigenvalue weighted by molar-refractivity contribution is 0.0996. The molecule has 9 heteroatoms. The van der Waals surface area contributed by atoms with E-state index in [0.717, 1.165) is 32.0 Å². The molecule has 6 nitrogen and oxygen atoms in total. The van der Waals surface area contributed by atoms with Crippen LogP contribution in [-0.2, 0) is 0 Å². The van der Waals surface area contributed by atoms with Crippen molar-refractivity contribution in [3.8, 4) is 0 Å². The van der Waals surface area contributed by atoms with Crippen molar-refractivity contribution in [2.75, 3.05) is 23.3 Å². The van der Waals surface area contributed by atoms with Crippen molar-refractivity contribution >= 4 is 34.6 Å². The van der Waals surface area contributed by atoms with Gasteiger partial charge in [-0.2, -0.15) is 11.3 Å². The highest BCUT2D eigenvalue weighted by Gasteiger charge is 2.28. The van der Waals surface area contributed by atoms with E-state index >= 15 is 0 Å². The first-order valence-electron chi connectivity index (χ1n) is 8.09. The summed E-state index contributed by atoms with van der Waals surface area (Å²) in [7, 11) is 0. The van der Waals surface area contributed by atoms with Crippen molar-refractivity contribution in [3.05, 3.63) is 46.2 Å². The number of carbonyl (C=O) groups excluding carboxylic acids is 2. The Morgan fingerprint density at radius 2 is 1.96 bits per heavy atom. The molecule has 26 heavy (non-hydrogen) atoms. The van der Waals surface area contributed by atoms with E-state index in [-0.39, 0.29) is 11.7 Å². The maximum atomic E-state index is 14.1. The SMILES string of the molecule is NC(=O)c1cc(NC(=O)N(c2ccsc2)C2CCNCC2)c(F)cc1F. The third-order valence-corrected chi connectivity index (χ3v) is 4.91. The molecule has 0 radical (unpaired) electrons. The Balaban J connectivity index is 1.88. The number of carbonyl (C=O) groups is 2. The van der Waals surface area contributed by atoms with Crippen LogP contribution in [0, 0.1) is 11.6 Å². The molecular weight excluding hydrogens is 362 g/mol. The molecule has 4 N–H and O–H groups in total. The lowest BCUT2D eigenvalue weighted by Gasteiger charge is -2.34. The van der Waals surface area contributed by atoms with Crippen LogP contribution >= 0.6 is 11.3 Å². The number of urea groups is 1. The minimum Gasteiger partial charge on any atom is -0.366 e. The molecule has 2 aromatic rings. The maximum Gasteiger partial charge on any atom is 0.326 e. The number of amides is 3. The van der Waals surface area contributed by atoms with E-state index in [1.807, 2.05) is 16.8 Å². The van der Waals surface area contributed by atoms with Gasteiger partial charge in [-0.15, -0.1) is 0 Å². The lowest BCUT2D eigenvalue weighted by Crippen LogP contribution is -2.48. The molecule has 1 aliphatic heterocycles. The number of anilines is 2. The normalized spacial score (nSPS) is 14.8. The summed E-state index contributed by atoms with van der Waals surface area (Å²) >= 11 is 1.44. The second kappa shape index (κ2) is 7.79. The fourth-order valence-electron chi connectivity index (χ4n) is 2.96. The fourth-order valence-corrected chi connectivity index (χ4v) is 3.59. The van der Waals surface area contributed by atoms with Gasteiger partial charge < -0.3 is 16.4 Å². The molecule has 1 aliphatic rings. The number of nitrogens with zero attached hydrogens (tertiary/aromatic N) is 1. The van der Waals surface area contributed by atoms with Crippen LogP contribution in [0.5, 0.6) is 0 Å². The first-order valence-corrected chi connectivity index (χ1v) is 9.03. The van der Waals surface area contributed by atoms with Gasteiger partial charge in [-0.25, -0.2) is 13.6 Å². The molecule has 1 aromatic carbocycles.